The molecule has 1 fully saturated rings. The van der Waals surface area contributed by atoms with Crippen LogP contribution in [0.5, 0.6) is 5.75 Å². The van der Waals surface area contributed by atoms with Gasteiger partial charge in [-0.05, 0) is 39.0 Å². The van der Waals surface area contributed by atoms with Crippen molar-refractivity contribution in [1.29, 1.82) is 0 Å². The predicted octanol–water partition coefficient (Wildman–Crippen LogP) is 3.34. The molecule has 110 valence electrons. The summed E-state index contributed by atoms with van der Waals surface area (Å²) in [7, 11) is 0. The minimum absolute atomic E-state index is 0.146. The van der Waals surface area contributed by atoms with E-state index in [-0.39, 0.29) is 16.7 Å². The molecule has 1 aromatic carbocycles. The quantitative estimate of drug-likeness (QED) is 0.876. The first kappa shape index (κ1) is 15.5. The third-order valence-electron chi connectivity index (χ3n) is 3.32. The van der Waals surface area contributed by atoms with Crippen molar-refractivity contribution in [3.05, 3.63) is 28.8 Å². The Labute approximate surface area is 127 Å². The largest absolute Gasteiger partial charge is 0.508 e. The topological polar surface area (TPSA) is 60.8 Å². The zero-order valence-corrected chi connectivity index (χ0v) is 13.2. The van der Waals surface area contributed by atoms with Crippen LogP contribution in [0.2, 0.25) is 5.02 Å². The Kier molecular flexibility index (Phi) is 4.23. The zero-order chi connectivity index (χ0) is 15.1. The van der Waals surface area contributed by atoms with Gasteiger partial charge in [-0.1, -0.05) is 11.6 Å². The van der Waals surface area contributed by atoms with Crippen LogP contribution in [0.1, 0.15) is 31.7 Å². The van der Waals surface area contributed by atoms with E-state index in [9.17, 15) is 15.0 Å². The third kappa shape index (κ3) is 2.90. The Morgan fingerprint density at radius 2 is 2.10 bits per heavy atom. The van der Waals surface area contributed by atoms with Crippen LogP contribution >= 0.6 is 23.4 Å². The molecule has 0 saturated carbocycles. The van der Waals surface area contributed by atoms with Crippen molar-refractivity contribution in [1.82, 2.24) is 4.90 Å². The number of phenolic OH excluding ortho intramolecular Hbond substituents is 1. The van der Waals surface area contributed by atoms with Gasteiger partial charge in [-0.3, -0.25) is 9.69 Å². The van der Waals surface area contributed by atoms with E-state index in [0.29, 0.717) is 16.3 Å². The molecule has 0 aliphatic carbocycles. The Morgan fingerprint density at radius 3 is 2.65 bits per heavy atom. The van der Waals surface area contributed by atoms with Crippen LogP contribution in [0.25, 0.3) is 0 Å². The standard InChI is InChI=1S/C14H18ClNO3S/c1-14(2,3)16-10(13(18)19)7-20-12(16)9-6-8(15)4-5-11(9)17/h4-6,10,12,17H,7H2,1-3H3,(H,18,19)/t10-,12+/m0/s1. The molecule has 1 heterocycles. The second-order valence-corrected chi connectivity index (χ2v) is 7.37. The van der Waals surface area contributed by atoms with Crippen molar-refractivity contribution in [2.45, 2.75) is 37.7 Å². The maximum Gasteiger partial charge on any atom is 0.321 e. The third-order valence-corrected chi connectivity index (χ3v) is 4.86. The molecular weight excluding hydrogens is 298 g/mol. The van der Waals surface area contributed by atoms with E-state index in [1.165, 1.54) is 11.8 Å². The molecule has 1 aliphatic heterocycles. The van der Waals surface area contributed by atoms with Crippen molar-refractivity contribution in [2.24, 2.45) is 0 Å². The SMILES string of the molecule is CC(C)(C)N1[C@@H](c2cc(Cl)ccc2O)SC[C@H]1C(=O)O. The summed E-state index contributed by atoms with van der Waals surface area (Å²) in [5, 5.41) is 19.8. The summed E-state index contributed by atoms with van der Waals surface area (Å²) in [6.07, 6.45) is 0. The lowest BCUT2D eigenvalue weighted by Gasteiger charge is -2.39. The molecule has 2 atom stereocenters. The Bertz CT molecular complexity index is 530. The van der Waals surface area contributed by atoms with Crippen LogP contribution in [0.4, 0.5) is 0 Å². The molecule has 1 aromatic rings. The lowest BCUT2D eigenvalue weighted by Crippen LogP contribution is -2.49. The summed E-state index contributed by atoms with van der Waals surface area (Å²) in [4.78, 5) is 13.4. The monoisotopic (exact) mass is 315 g/mol. The Balaban J connectivity index is 2.45. The average molecular weight is 316 g/mol. The molecule has 6 heteroatoms. The fraction of sp³-hybridized carbons (Fsp3) is 0.500. The number of benzene rings is 1. The van der Waals surface area contributed by atoms with Gasteiger partial charge in [0, 0.05) is 21.9 Å². The molecule has 1 saturated heterocycles. The van der Waals surface area contributed by atoms with E-state index in [1.807, 2.05) is 25.7 Å². The lowest BCUT2D eigenvalue weighted by molar-refractivity contribution is -0.144. The summed E-state index contributed by atoms with van der Waals surface area (Å²) >= 11 is 7.52. The molecule has 1 aliphatic rings. The van der Waals surface area contributed by atoms with E-state index in [1.54, 1.807) is 18.2 Å². The second kappa shape index (κ2) is 5.47. The number of nitrogens with zero attached hydrogens (tertiary/aromatic N) is 1. The summed E-state index contributed by atoms with van der Waals surface area (Å²) < 4.78 is 0. The highest BCUT2D eigenvalue weighted by Gasteiger charge is 2.45. The van der Waals surface area contributed by atoms with Gasteiger partial charge in [0.2, 0.25) is 0 Å². The molecule has 0 aromatic heterocycles. The number of halogens is 1. The van der Waals surface area contributed by atoms with Gasteiger partial charge in [0.25, 0.3) is 0 Å². The van der Waals surface area contributed by atoms with Gasteiger partial charge in [-0.2, -0.15) is 0 Å². The predicted molar refractivity (Wildman–Crippen MR) is 81.3 cm³/mol. The average Bonchev–Trinajstić information content (AvgIpc) is 2.76. The second-order valence-electron chi connectivity index (χ2n) is 5.82. The highest BCUT2D eigenvalue weighted by atomic mass is 35.5. The van der Waals surface area contributed by atoms with Gasteiger partial charge in [0.15, 0.2) is 0 Å². The minimum Gasteiger partial charge on any atom is -0.508 e. The van der Waals surface area contributed by atoms with Crippen molar-refractivity contribution in [3.63, 3.8) is 0 Å². The van der Waals surface area contributed by atoms with E-state index in [0.717, 1.165) is 0 Å². The highest BCUT2D eigenvalue weighted by molar-refractivity contribution is 7.99. The summed E-state index contributed by atoms with van der Waals surface area (Å²) in [6, 6.07) is 4.31. The highest BCUT2D eigenvalue weighted by Crippen LogP contribution is 2.48. The first-order chi connectivity index (χ1) is 9.21. The number of carbonyl (C=O) groups is 1. The van der Waals surface area contributed by atoms with Crippen LogP contribution in [-0.4, -0.2) is 38.4 Å². The zero-order valence-electron chi connectivity index (χ0n) is 11.6. The molecule has 0 radical (unpaired) electrons. The van der Waals surface area contributed by atoms with Crippen LogP contribution in [0.15, 0.2) is 18.2 Å². The van der Waals surface area contributed by atoms with Crippen LogP contribution < -0.4 is 0 Å². The normalized spacial score (nSPS) is 24.0. The summed E-state index contributed by atoms with van der Waals surface area (Å²) in [5.41, 5.74) is 0.340. The van der Waals surface area contributed by atoms with E-state index in [4.69, 9.17) is 11.6 Å². The Morgan fingerprint density at radius 1 is 1.45 bits per heavy atom. The number of carboxylic acid groups (broad SMARTS) is 1. The summed E-state index contributed by atoms with van der Waals surface area (Å²) in [6.45, 7) is 5.93. The molecule has 2 N–H and O–H groups in total. The fourth-order valence-corrected chi connectivity index (χ4v) is 4.32. The number of phenols is 1. The molecule has 0 bridgehead atoms. The van der Waals surface area contributed by atoms with Crippen LogP contribution in [0, 0.1) is 0 Å². The van der Waals surface area contributed by atoms with E-state index < -0.39 is 12.0 Å². The summed E-state index contributed by atoms with van der Waals surface area (Å²) in [5.74, 6) is -0.202. The molecular formula is C14H18ClNO3S. The number of hydrogen-bond acceptors (Lipinski definition) is 4. The van der Waals surface area contributed by atoms with Crippen molar-refractivity contribution >= 4 is 29.3 Å². The van der Waals surface area contributed by atoms with Gasteiger partial charge in [-0.25, -0.2) is 0 Å². The van der Waals surface area contributed by atoms with Crippen molar-refractivity contribution in [3.8, 4) is 5.75 Å². The smallest absolute Gasteiger partial charge is 0.321 e. The van der Waals surface area contributed by atoms with Gasteiger partial charge >= 0.3 is 5.97 Å². The number of aromatic hydroxyl groups is 1. The van der Waals surface area contributed by atoms with E-state index in [2.05, 4.69) is 0 Å². The number of hydrogen-bond donors (Lipinski definition) is 2. The van der Waals surface area contributed by atoms with Crippen molar-refractivity contribution in [2.75, 3.05) is 5.75 Å². The van der Waals surface area contributed by atoms with Gasteiger partial charge in [0.1, 0.15) is 11.8 Å². The molecule has 0 spiro atoms. The molecule has 20 heavy (non-hydrogen) atoms. The fourth-order valence-electron chi connectivity index (χ4n) is 2.48. The molecule has 0 unspecified atom stereocenters. The lowest BCUT2D eigenvalue weighted by atomic mass is 10.0. The number of carboxylic acids is 1. The maximum atomic E-state index is 11.4. The maximum absolute atomic E-state index is 11.4. The number of aliphatic carboxylic acids is 1. The van der Waals surface area contributed by atoms with Gasteiger partial charge < -0.3 is 10.2 Å². The number of thioether (sulfide) groups is 1. The van der Waals surface area contributed by atoms with Crippen LogP contribution in [0.3, 0.4) is 0 Å². The first-order valence-corrected chi connectivity index (χ1v) is 7.76. The van der Waals surface area contributed by atoms with Gasteiger partial charge in [-0.15, -0.1) is 11.8 Å². The molecule has 4 nitrogen and oxygen atoms in total. The molecule has 0 amide bonds. The van der Waals surface area contributed by atoms with Crippen molar-refractivity contribution < 1.29 is 15.0 Å². The van der Waals surface area contributed by atoms with E-state index >= 15 is 0 Å². The molecule has 2 rings (SSSR count). The first-order valence-electron chi connectivity index (χ1n) is 6.33. The minimum atomic E-state index is -0.837. The number of rotatable bonds is 2. The van der Waals surface area contributed by atoms with Crippen LogP contribution in [-0.2, 0) is 4.79 Å². The Hall–Kier alpha value is -0.910. The van der Waals surface area contributed by atoms with Gasteiger partial charge in [0.05, 0.1) is 5.37 Å².